The van der Waals surface area contributed by atoms with Gasteiger partial charge in [-0.15, -0.1) is 0 Å². The molecule has 18 heavy (non-hydrogen) atoms. The Hall–Kier alpha value is -1.30. The van der Waals surface area contributed by atoms with Crippen molar-refractivity contribution in [3.8, 4) is 0 Å². The third-order valence-electron chi connectivity index (χ3n) is 3.55. The number of carboxylic acid groups (broad SMARTS) is 1. The second kappa shape index (κ2) is 5.56. The Balaban J connectivity index is 2.00. The molecular formula is C12H20N2O4. The van der Waals surface area contributed by atoms with Crippen LogP contribution in [0.2, 0.25) is 0 Å². The van der Waals surface area contributed by atoms with Crippen molar-refractivity contribution in [2.75, 3.05) is 26.8 Å². The van der Waals surface area contributed by atoms with E-state index in [2.05, 4.69) is 0 Å². The van der Waals surface area contributed by atoms with Crippen LogP contribution in [0.15, 0.2) is 0 Å². The quantitative estimate of drug-likeness (QED) is 0.788. The monoisotopic (exact) mass is 256 g/mol. The Morgan fingerprint density at radius 1 is 1.39 bits per heavy atom. The van der Waals surface area contributed by atoms with Crippen LogP contribution in [-0.4, -0.2) is 65.8 Å². The minimum absolute atomic E-state index is 0.139. The number of ether oxygens (including phenoxy) is 1. The van der Waals surface area contributed by atoms with Crippen LogP contribution in [-0.2, 0) is 9.53 Å². The summed E-state index contributed by atoms with van der Waals surface area (Å²) in [5, 5.41) is 9.11. The van der Waals surface area contributed by atoms with Crippen LogP contribution in [0.3, 0.4) is 0 Å². The molecule has 2 rings (SSSR count). The maximum absolute atomic E-state index is 12.4. The number of hydrogen-bond donors (Lipinski definition) is 1. The summed E-state index contributed by atoms with van der Waals surface area (Å²) in [6.07, 6.45) is 3.36. The van der Waals surface area contributed by atoms with Gasteiger partial charge in [-0.25, -0.2) is 9.59 Å². The summed E-state index contributed by atoms with van der Waals surface area (Å²) in [6.45, 7) is 1.59. The predicted molar refractivity (Wildman–Crippen MR) is 64.4 cm³/mol. The zero-order valence-electron chi connectivity index (χ0n) is 10.7. The molecule has 1 aliphatic heterocycles. The maximum Gasteiger partial charge on any atom is 0.326 e. The van der Waals surface area contributed by atoms with Gasteiger partial charge in [-0.3, -0.25) is 0 Å². The molecule has 6 heteroatoms. The van der Waals surface area contributed by atoms with E-state index in [1.165, 1.54) is 4.90 Å². The predicted octanol–water partition coefficient (Wildman–Crippen LogP) is 0.766. The van der Waals surface area contributed by atoms with Gasteiger partial charge in [0.05, 0.1) is 6.61 Å². The van der Waals surface area contributed by atoms with Gasteiger partial charge in [-0.1, -0.05) is 0 Å². The number of likely N-dealkylation sites (tertiary alicyclic amines) is 1. The van der Waals surface area contributed by atoms with Gasteiger partial charge in [0.25, 0.3) is 0 Å². The van der Waals surface area contributed by atoms with Crippen LogP contribution >= 0.6 is 0 Å². The topological polar surface area (TPSA) is 70.1 Å². The van der Waals surface area contributed by atoms with Gasteiger partial charge >= 0.3 is 12.0 Å². The lowest BCUT2D eigenvalue weighted by Crippen LogP contribution is -2.49. The SMILES string of the molecule is COCCN(C(=O)N1CCC[C@H]1C(=O)O)C1CC1. The average molecular weight is 256 g/mol. The lowest BCUT2D eigenvalue weighted by atomic mass is 10.2. The van der Waals surface area contributed by atoms with Gasteiger partial charge in [0, 0.05) is 26.2 Å². The summed E-state index contributed by atoms with van der Waals surface area (Å²) in [4.78, 5) is 26.7. The fourth-order valence-electron chi connectivity index (χ4n) is 2.43. The van der Waals surface area contributed by atoms with E-state index < -0.39 is 12.0 Å². The summed E-state index contributed by atoms with van der Waals surface area (Å²) < 4.78 is 5.01. The number of urea groups is 1. The molecule has 0 spiro atoms. The highest BCUT2D eigenvalue weighted by Gasteiger charge is 2.40. The highest BCUT2D eigenvalue weighted by atomic mass is 16.5. The van der Waals surface area contributed by atoms with Crippen LogP contribution in [0, 0.1) is 0 Å². The van der Waals surface area contributed by atoms with Gasteiger partial charge in [0.15, 0.2) is 0 Å². The van der Waals surface area contributed by atoms with Crippen molar-refractivity contribution in [3.63, 3.8) is 0 Å². The summed E-state index contributed by atoms with van der Waals surface area (Å²) in [7, 11) is 1.60. The second-order valence-corrected chi connectivity index (χ2v) is 4.89. The zero-order chi connectivity index (χ0) is 13.1. The minimum Gasteiger partial charge on any atom is -0.480 e. The molecule has 2 amide bonds. The van der Waals surface area contributed by atoms with Crippen molar-refractivity contribution in [2.24, 2.45) is 0 Å². The Labute approximate surface area is 106 Å². The molecule has 1 atom stereocenters. The molecule has 1 saturated heterocycles. The lowest BCUT2D eigenvalue weighted by molar-refractivity contribution is -0.141. The Morgan fingerprint density at radius 2 is 2.11 bits per heavy atom. The first-order chi connectivity index (χ1) is 8.65. The average Bonchev–Trinajstić information content (AvgIpc) is 3.05. The number of aliphatic carboxylic acids is 1. The van der Waals surface area contributed by atoms with Gasteiger partial charge in [0.1, 0.15) is 6.04 Å². The molecular weight excluding hydrogens is 236 g/mol. The number of carbonyl (C=O) groups excluding carboxylic acids is 1. The summed E-state index contributed by atoms with van der Waals surface area (Å²) in [5.74, 6) is -0.900. The zero-order valence-corrected chi connectivity index (χ0v) is 10.7. The third-order valence-corrected chi connectivity index (χ3v) is 3.55. The van der Waals surface area contributed by atoms with Gasteiger partial charge < -0.3 is 19.6 Å². The van der Waals surface area contributed by atoms with E-state index in [-0.39, 0.29) is 12.1 Å². The summed E-state index contributed by atoms with van der Waals surface area (Å²) in [6, 6.07) is -0.511. The molecule has 0 aromatic rings. The number of nitrogens with zero attached hydrogens (tertiary/aromatic N) is 2. The summed E-state index contributed by atoms with van der Waals surface area (Å²) in [5.41, 5.74) is 0. The maximum atomic E-state index is 12.4. The lowest BCUT2D eigenvalue weighted by Gasteiger charge is -2.30. The largest absolute Gasteiger partial charge is 0.480 e. The van der Waals surface area contributed by atoms with Crippen LogP contribution in [0.25, 0.3) is 0 Å². The number of amides is 2. The highest BCUT2D eigenvalue weighted by Crippen LogP contribution is 2.29. The molecule has 0 aromatic heterocycles. The first-order valence-electron chi connectivity index (χ1n) is 6.44. The van der Waals surface area contributed by atoms with Crippen molar-refractivity contribution in [1.29, 1.82) is 0 Å². The van der Waals surface area contributed by atoms with Gasteiger partial charge in [-0.05, 0) is 25.7 Å². The van der Waals surface area contributed by atoms with Crippen LogP contribution in [0.4, 0.5) is 4.79 Å². The minimum atomic E-state index is -0.900. The van der Waals surface area contributed by atoms with E-state index in [0.717, 1.165) is 19.3 Å². The van der Waals surface area contributed by atoms with E-state index in [1.54, 1.807) is 12.0 Å². The van der Waals surface area contributed by atoms with E-state index >= 15 is 0 Å². The molecule has 0 radical (unpaired) electrons. The molecule has 6 nitrogen and oxygen atoms in total. The number of hydrogen-bond acceptors (Lipinski definition) is 3. The molecule has 1 aliphatic carbocycles. The van der Waals surface area contributed by atoms with Crippen molar-refractivity contribution in [1.82, 2.24) is 9.80 Å². The van der Waals surface area contributed by atoms with E-state index in [0.29, 0.717) is 26.1 Å². The molecule has 1 saturated carbocycles. The molecule has 102 valence electrons. The van der Waals surface area contributed by atoms with E-state index in [9.17, 15) is 9.59 Å². The molecule has 0 bridgehead atoms. The molecule has 0 aromatic carbocycles. The fraction of sp³-hybridized carbons (Fsp3) is 0.833. The highest BCUT2D eigenvalue weighted by molar-refractivity contribution is 5.83. The number of methoxy groups -OCH3 is 1. The van der Waals surface area contributed by atoms with E-state index in [4.69, 9.17) is 9.84 Å². The molecule has 1 N–H and O–H groups in total. The van der Waals surface area contributed by atoms with Crippen LogP contribution in [0.5, 0.6) is 0 Å². The van der Waals surface area contributed by atoms with Crippen molar-refractivity contribution >= 4 is 12.0 Å². The van der Waals surface area contributed by atoms with Gasteiger partial charge in [-0.2, -0.15) is 0 Å². The normalized spacial score (nSPS) is 23.2. The van der Waals surface area contributed by atoms with Crippen LogP contribution < -0.4 is 0 Å². The molecule has 2 aliphatic rings. The van der Waals surface area contributed by atoms with E-state index in [1.807, 2.05) is 0 Å². The standard InChI is InChI=1S/C12H20N2O4/c1-18-8-7-13(9-4-5-9)12(17)14-6-2-3-10(14)11(15)16/h9-10H,2-8H2,1H3,(H,15,16)/t10-/m0/s1. The van der Waals surface area contributed by atoms with Crippen LogP contribution in [0.1, 0.15) is 25.7 Å². The first kappa shape index (κ1) is 13.1. The Bertz CT molecular complexity index is 330. The molecule has 0 unspecified atom stereocenters. The smallest absolute Gasteiger partial charge is 0.326 e. The molecule has 1 heterocycles. The first-order valence-corrected chi connectivity index (χ1v) is 6.44. The fourth-order valence-corrected chi connectivity index (χ4v) is 2.43. The van der Waals surface area contributed by atoms with Crippen molar-refractivity contribution in [2.45, 2.75) is 37.8 Å². The number of carbonyl (C=O) groups is 2. The third kappa shape index (κ3) is 2.75. The number of carboxylic acids is 1. The Kier molecular flexibility index (Phi) is 4.06. The van der Waals surface area contributed by atoms with Crippen molar-refractivity contribution < 1.29 is 19.4 Å². The Morgan fingerprint density at radius 3 is 2.67 bits per heavy atom. The van der Waals surface area contributed by atoms with Crippen molar-refractivity contribution in [3.05, 3.63) is 0 Å². The molecule has 2 fully saturated rings. The van der Waals surface area contributed by atoms with Gasteiger partial charge in [0.2, 0.25) is 0 Å². The number of rotatable bonds is 5. The summed E-state index contributed by atoms with van der Waals surface area (Å²) >= 11 is 0. The second-order valence-electron chi connectivity index (χ2n) is 4.89.